The zero-order chi connectivity index (χ0) is 18.8. The highest BCUT2D eigenvalue weighted by Crippen LogP contribution is 2.39. The smallest absolute Gasteiger partial charge is 0.256 e. The highest BCUT2D eigenvalue weighted by molar-refractivity contribution is 7.17. The highest BCUT2D eigenvalue weighted by atomic mass is 32.1. The molecular formula is C23H21NO2S. The minimum absolute atomic E-state index is 0.00536. The number of carbonyl (C=O) groups is 2. The number of carbonyl (C=O) groups excluding carboxylic acids is 2. The van der Waals surface area contributed by atoms with Crippen molar-refractivity contribution in [3.8, 4) is 0 Å². The van der Waals surface area contributed by atoms with E-state index in [1.165, 1.54) is 4.88 Å². The summed E-state index contributed by atoms with van der Waals surface area (Å²) in [6.45, 7) is 1.99. The van der Waals surface area contributed by atoms with Crippen molar-refractivity contribution in [3.05, 3.63) is 87.3 Å². The maximum atomic E-state index is 13.2. The normalized spacial score (nSPS) is 13.1. The summed E-state index contributed by atoms with van der Waals surface area (Å²) in [5.74, 6) is -0.176. The molecule has 1 amide bonds. The number of anilines is 1. The van der Waals surface area contributed by atoms with E-state index in [-0.39, 0.29) is 11.7 Å². The van der Waals surface area contributed by atoms with Crippen LogP contribution in [0.25, 0.3) is 0 Å². The van der Waals surface area contributed by atoms with Crippen LogP contribution in [0.5, 0.6) is 0 Å². The van der Waals surface area contributed by atoms with Crippen LogP contribution in [0.15, 0.2) is 54.6 Å². The first-order valence-corrected chi connectivity index (χ1v) is 10.1. The molecule has 0 radical (unpaired) electrons. The van der Waals surface area contributed by atoms with Crippen LogP contribution in [0.3, 0.4) is 0 Å². The Labute approximate surface area is 163 Å². The van der Waals surface area contributed by atoms with Crippen LogP contribution in [-0.4, -0.2) is 11.7 Å². The van der Waals surface area contributed by atoms with Gasteiger partial charge < -0.3 is 5.32 Å². The van der Waals surface area contributed by atoms with E-state index in [1.54, 1.807) is 11.3 Å². The van der Waals surface area contributed by atoms with E-state index in [0.717, 1.165) is 36.8 Å². The summed E-state index contributed by atoms with van der Waals surface area (Å²) in [4.78, 5) is 27.2. The number of benzene rings is 2. The number of fused-ring (bicyclic) bond motifs is 1. The maximum Gasteiger partial charge on any atom is 0.256 e. The summed E-state index contributed by atoms with van der Waals surface area (Å²) >= 11 is 1.56. The SMILES string of the molecule is Cc1ccc(C(=O)Nc2sc3c(c2C(=O)c2ccccc2)CCCC3)cc1. The highest BCUT2D eigenvalue weighted by Gasteiger charge is 2.27. The first-order valence-electron chi connectivity index (χ1n) is 9.26. The molecule has 1 aliphatic rings. The Hall–Kier alpha value is -2.72. The Morgan fingerprint density at radius 3 is 2.33 bits per heavy atom. The Morgan fingerprint density at radius 1 is 0.889 bits per heavy atom. The molecule has 4 rings (SSSR count). The van der Waals surface area contributed by atoms with Gasteiger partial charge in [-0.1, -0.05) is 48.0 Å². The molecule has 0 aliphatic heterocycles. The molecule has 3 aromatic rings. The summed E-state index contributed by atoms with van der Waals surface area (Å²) in [7, 11) is 0. The number of ketones is 1. The van der Waals surface area contributed by atoms with Crippen LogP contribution in [-0.2, 0) is 12.8 Å². The molecule has 27 heavy (non-hydrogen) atoms. The van der Waals surface area contributed by atoms with Crippen LogP contribution in [0.4, 0.5) is 5.00 Å². The van der Waals surface area contributed by atoms with E-state index < -0.39 is 0 Å². The Kier molecular flexibility index (Phi) is 4.90. The lowest BCUT2D eigenvalue weighted by atomic mass is 9.92. The van der Waals surface area contributed by atoms with Crippen molar-refractivity contribution in [2.75, 3.05) is 5.32 Å². The van der Waals surface area contributed by atoms with Gasteiger partial charge in [-0.05, 0) is 50.3 Å². The molecule has 136 valence electrons. The van der Waals surface area contributed by atoms with Crippen LogP contribution >= 0.6 is 11.3 Å². The standard InChI is InChI=1S/C23H21NO2S/c1-15-11-13-17(14-12-15)22(26)24-23-20(18-9-5-6-10-19(18)27-23)21(25)16-7-3-2-4-8-16/h2-4,7-8,11-14H,5-6,9-10H2,1H3,(H,24,26). The van der Waals surface area contributed by atoms with E-state index in [4.69, 9.17) is 0 Å². The molecule has 1 heterocycles. The molecule has 3 nitrogen and oxygen atoms in total. The minimum atomic E-state index is -0.171. The van der Waals surface area contributed by atoms with Crippen LogP contribution in [0.2, 0.25) is 0 Å². The van der Waals surface area contributed by atoms with Crippen LogP contribution in [0, 0.1) is 6.92 Å². The van der Waals surface area contributed by atoms with E-state index in [9.17, 15) is 9.59 Å². The topological polar surface area (TPSA) is 46.2 Å². The van der Waals surface area contributed by atoms with Gasteiger partial charge in [0.05, 0.1) is 5.56 Å². The van der Waals surface area contributed by atoms with Gasteiger partial charge in [0.2, 0.25) is 0 Å². The third-order valence-electron chi connectivity index (χ3n) is 4.98. The van der Waals surface area contributed by atoms with E-state index >= 15 is 0 Å². The van der Waals surface area contributed by atoms with Gasteiger partial charge in [0, 0.05) is 16.0 Å². The summed E-state index contributed by atoms with van der Waals surface area (Å²) < 4.78 is 0. The molecule has 0 atom stereocenters. The number of hydrogen-bond acceptors (Lipinski definition) is 3. The second kappa shape index (κ2) is 7.49. The van der Waals surface area contributed by atoms with Gasteiger partial charge >= 0.3 is 0 Å². The second-order valence-electron chi connectivity index (χ2n) is 6.93. The summed E-state index contributed by atoms with van der Waals surface area (Å²) in [6.07, 6.45) is 4.11. The molecule has 1 aliphatic carbocycles. The Bertz CT molecular complexity index is 987. The predicted molar refractivity (Wildman–Crippen MR) is 110 cm³/mol. The van der Waals surface area contributed by atoms with Crippen molar-refractivity contribution in [1.29, 1.82) is 0 Å². The fraction of sp³-hybridized carbons (Fsp3) is 0.217. The fourth-order valence-corrected chi connectivity index (χ4v) is 4.79. The second-order valence-corrected chi connectivity index (χ2v) is 8.04. The zero-order valence-corrected chi connectivity index (χ0v) is 16.1. The molecule has 0 spiro atoms. The molecule has 4 heteroatoms. The van der Waals surface area contributed by atoms with Crippen molar-refractivity contribution in [2.45, 2.75) is 32.6 Å². The van der Waals surface area contributed by atoms with Crippen molar-refractivity contribution >= 4 is 28.0 Å². The third-order valence-corrected chi connectivity index (χ3v) is 6.18. The molecule has 1 aromatic heterocycles. The lowest BCUT2D eigenvalue weighted by Crippen LogP contribution is -2.15. The maximum absolute atomic E-state index is 13.2. The van der Waals surface area contributed by atoms with Crippen molar-refractivity contribution in [1.82, 2.24) is 0 Å². The third kappa shape index (κ3) is 3.58. The van der Waals surface area contributed by atoms with Crippen LogP contribution in [0.1, 0.15) is 55.1 Å². The molecule has 0 saturated carbocycles. The average Bonchev–Trinajstić information content (AvgIpc) is 3.06. The molecular weight excluding hydrogens is 354 g/mol. The van der Waals surface area contributed by atoms with Gasteiger partial charge in [0.1, 0.15) is 5.00 Å². The number of aryl methyl sites for hydroxylation is 2. The van der Waals surface area contributed by atoms with Crippen molar-refractivity contribution < 1.29 is 9.59 Å². The zero-order valence-electron chi connectivity index (χ0n) is 15.2. The van der Waals surface area contributed by atoms with Gasteiger partial charge in [-0.15, -0.1) is 11.3 Å². The van der Waals surface area contributed by atoms with Crippen LogP contribution < -0.4 is 5.32 Å². The van der Waals surface area contributed by atoms with E-state index in [2.05, 4.69) is 5.32 Å². The fourth-order valence-electron chi connectivity index (χ4n) is 3.51. The van der Waals surface area contributed by atoms with Gasteiger partial charge in [-0.2, -0.15) is 0 Å². The monoisotopic (exact) mass is 375 g/mol. The first kappa shape index (κ1) is 17.7. The largest absolute Gasteiger partial charge is 0.313 e. The van der Waals surface area contributed by atoms with Gasteiger partial charge in [0.25, 0.3) is 5.91 Å². The van der Waals surface area contributed by atoms with Gasteiger partial charge in [-0.3, -0.25) is 9.59 Å². The predicted octanol–water partition coefficient (Wildman–Crippen LogP) is 5.42. The Morgan fingerprint density at radius 2 is 1.59 bits per heavy atom. The van der Waals surface area contributed by atoms with Gasteiger partial charge in [0.15, 0.2) is 5.78 Å². The summed E-state index contributed by atoms with van der Waals surface area (Å²) in [5, 5.41) is 3.69. The number of nitrogens with one attached hydrogen (secondary N) is 1. The molecule has 2 aromatic carbocycles. The lowest BCUT2D eigenvalue weighted by molar-refractivity contribution is 0.102. The van der Waals surface area contributed by atoms with E-state index in [1.807, 2.05) is 61.5 Å². The van der Waals surface area contributed by atoms with Crippen molar-refractivity contribution in [3.63, 3.8) is 0 Å². The molecule has 0 saturated heterocycles. The number of hydrogen-bond donors (Lipinski definition) is 1. The molecule has 0 fully saturated rings. The number of thiophene rings is 1. The van der Waals surface area contributed by atoms with Crippen molar-refractivity contribution in [2.24, 2.45) is 0 Å². The van der Waals surface area contributed by atoms with E-state index in [0.29, 0.717) is 21.7 Å². The number of amides is 1. The number of rotatable bonds is 4. The molecule has 0 bridgehead atoms. The quantitative estimate of drug-likeness (QED) is 0.619. The average molecular weight is 375 g/mol. The minimum Gasteiger partial charge on any atom is -0.313 e. The summed E-state index contributed by atoms with van der Waals surface area (Å²) in [6, 6.07) is 16.8. The lowest BCUT2D eigenvalue weighted by Gasteiger charge is -2.12. The first-order chi connectivity index (χ1) is 13.1. The summed E-state index contributed by atoms with van der Waals surface area (Å²) in [5.41, 5.74) is 4.18. The Balaban J connectivity index is 1.72. The molecule has 0 unspecified atom stereocenters. The molecule has 1 N–H and O–H groups in total. The van der Waals surface area contributed by atoms with Gasteiger partial charge in [-0.25, -0.2) is 0 Å².